The van der Waals surface area contributed by atoms with Gasteiger partial charge in [0.05, 0.1) is 6.26 Å². The molecule has 0 amide bonds. The van der Waals surface area contributed by atoms with Gasteiger partial charge in [0.2, 0.25) is 0 Å². The van der Waals surface area contributed by atoms with E-state index in [0.29, 0.717) is 10.8 Å². The first-order chi connectivity index (χ1) is 17.7. The Hall–Kier alpha value is -1.21. The van der Waals surface area contributed by atoms with E-state index in [9.17, 15) is 0 Å². The molecule has 4 aliphatic rings. The third-order valence-corrected chi connectivity index (χ3v) is 12.7. The fourth-order valence-corrected chi connectivity index (χ4v) is 10.7. The number of furan rings is 1. The summed E-state index contributed by atoms with van der Waals surface area (Å²) in [5.74, 6) is 7.43. The lowest BCUT2D eigenvalue weighted by atomic mass is 9.44. The first-order valence-electron chi connectivity index (χ1n) is 15.6. The highest BCUT2D eigenvalue weighted by Crippen LogP contribution is 2.68. The van der Waals surface area contributed by atoms with Crippen LogP contribution in [0.4, 0.5) is 0 Å². The monoisotopic (exact) mass is 520 g/mol. The second-order valence-corrected chi connectivity index (χ2v) is 15.0. The van der Waals surface area contributed by atoms with Gasteiger partial charge in [-0.15, -0.1) is 0 Å². The number of hydrogen-bond acceptors (Lipinski definition) is 1. The van der Waals surface area contributed by atoms with Gasteiger partial charge in [-0.05, 0) is 103 Å². The summed E-state index contributed by atoms with van der Waals surface area (Å²) in [5.41, 5.74) is 4.79. The van der Waals surface area contributed by atoms with Crippen LogP contribution in [0.5, 0.6) is 0 Å². The summed E-state index contributed by atoms with van der Waals surface area (Å²) in [5, 5.41) is 0.837. The van der Waals surface area contributed by atoms with Crippen LogP contribution in [-0.2, 0) is 12.8 Å². The highest BCUT2D eigenvalue weighted by atomic mass is 35.5. The Morgan fingerprint density at radius 1 is 0.919 bits per heavy atom. The van der Waals surface area contributed by atoms with Crippen LogP contribution < -0.4 is 0 Å². The van der Waals surface area contributed by atoms with Gasteiger partial charge in [0, 0.05) is 28.1 Å². The van der Waals surface area contributed by atoms with Crippen LogP contribution in [0.3, 0.4) is 0 Å². The molecule has 2 aromatic rings. The number of fused-ring (bicyclic) bond motifs is 6. The largest absolute Gasteiger partial charge is 0.468 e. The van der Waals surface area contributed by atoms with Gasteiger partial charge >= 0.3 is 0 Å². The molecule has 0 aliphatic heterocycles. The summed E-state index contributed by atoms with van der Waals surface area (Å²) in [6.45, 7) is 12.7. The molecule has 3 saturated carbocycles. The third-order valence-electron chi connectivity index (χ3n) is 12.4. The number of halogens is 1. The molecule has 4 aliphatic carbocycles. The molecule has 37 heavy (non-hydrogen) atoms. The fraction of sp³-hybridized carbons (Fsp3) is 0.714. The van der Waals surface area contributed by atoms with Gasteiger partial charge in [0.1, 0.15) is 5.76 Å². The number of rotatable bonds is 6. The highest BCUT2D eigenvalue weighted by Gasteiger charge is 2.60. The molecule has 0 spiro atoms. The van der Waals surface area contributed by atoms with E-state index in [4.69, 9.17) is 16.0 Å². The molecule has 0 radical (unpaired) electrons. The highest BCUT2D eigenvalue weighted by molar-refractivity contribution is 6.33. The molecule has 0 N–H and O–H groups in total. The Morgan fingerprint density at radius 2 is 1.70 bits per heavy atom. The van der Waals surface area contributed by atoms with Gasteiger partial charge in [-0.25, -0.2) is 0 Å². The lowest BCUT2D eigenvalue weighted by Crippen LogP contribution is -2.54. The summed E-state index contributed by atoms with van der Waals surface area (Å²) in [6, 6.07) is 8.28. The molecule has 3 fully saturated rings. The smallest absolute Gasteiger partial charge is 0.108 e. The van der Waals surface area contributed by atoms with Gasteiger partial charge in [0.25, 0.3) is 0 Å². The molecule has 1 aromatic carbocycles. The van der Waals surface area contributed by atoms with Crippen molar-refractivity contribution in [2.75, 3.05) is 0 Å². The zero-order valence-electron chi connectivity index (χ0n) is 24.0. The van der Waals surface area contributed by atoms with Crippen LogP contribution in [0, 0.1) is 52.3 Å². The Morgan fingerprint density at radius 3 is 2.49 bits per heavy atom. The fourth-order valence-electron chi connectivity index (χ4n) is 10.5. The molecular formula is C35H49ClO. The van der Waals surface area contributed by atoms with E-state index >= 15 is 0 Å². The molecular weight excluding hydrogens is 472 g/mol. The molecule has 6 rings (SSSR count). The van der Waals surface area contributed by atoms with E-state index in [2.05, 4.69) is 46.8 Å². The zero-order chi connectivity index (χ0) is 25.9. The Balaban J connectivity index is 1.22. The van der Waals surface area contributed by atoms with Gasteiger partial charge in [-0.2, -0.15) is 0 Å². The average Bonchev–Trinajstić information content (AvgIpc) is 3.42. The van der Waals surface area contributed by atoms with Crippen molar-refractivity contribution in [3.05, 3.63) is 46.9 Å². The maximum Gasteiger partial charge on any atom is 0.108 e. The van der Waals surface area contributed by atoms with Crippen LogP contribution >= 0.6 is 11.6 Å². The zero-order valence-corrected chi connectivity index (χ0v) is 24.7. The van der Waals surface area contributed by atoms with Crippen molar-refractivity contribution in [2.24, 2.45) is 52.3 Å². The van der Waals surface area contributed by atoms with Gasteiger partial charge in [-0.3, -0.25) is 0 Å². The van der Waals surface area contributed by atoms with Crippen molar-refractivity contribution in [3.63, 3.8) is 0 Å². The Bertz CT molecular complexity index is 1110. The minimum atomic E-state index is 0.383. The first-order valence-corrected chi connectivity index (χ1v) is 15.9. The average molecular weight is 521 g/mol. The van der Waals surface area contributed by atoms with E-state index in [1.807, 2.05) is 18.4 Å². The molecule has 0 bridgehead atoms. The summed E-state index contributed by atoms with van der Waals surface area (Å²) >= 11 is 6.61. The van der Waals surface area contributed by atoms with Crippen LogP contribution in [-0.4, -0.2) is 0 Å². The van der Waals surface area contributed by atoms with E-state index in [1.54, 1.807) is 0 Å². The van der Waals surface area contributed by atoms with Crippen LogP contribution in [0.2, 0.25) is 5.02 Å². The second kappa shape index (κ2) is 9.76. The molecule has 0 unspecified atom stereocenters. The standard InChI is InChI=1S/C35H49ClO/c1-22(2)9-8-10-23(3)29-15-16-30-26-14-13-24-19-27-28(25-11-6-7-12-32(25)36)21-37-33(27)20-35(24,5)31(26)17-18-34(29,30)4/h6-7,11-12,21-24,26,29-31H,8-10,13-20H2,1-5H3/t23-,24-,26-,29-,30-,31+,34-,35+/m1/s1. The van der Waals surface area contributed by atoms with Crippen molar-refractivity contribution in [1.82, 2.24) is 0 Å². The molecule has 2 heteroatoms. The Kier molecular flexibility index (Phi) is 6.87. The number of benzene rings is 1. The molecule has 1 heterocycles. The maximum atomic E-state index is 6.61. The minimum absolute atomic E-state index is 0.383. The van der Waals surface area contributed by atoms with E-state index in [-0.39, 0.29) is 0 Å². The quantitative estimate of drug-likeness (QED) is 0.369. The summed E-state index contributed by atoms with van der Waals surface area (Å²) < 4.78 is 6.34. The molecule has 1 nitrogen and oxygen atoms in total. The summed E-state index contributed by atoms with van der Waals surface area (Å²) in [7, 11) is 0. The van der Waals surface area contributed by atoms with Gasteiger partial charge < -0.3 is 4.42 Å². The molecule has 8 atom stereocenters. The van der Waals surface area contributed by atoms with E-state index in [0.717, 1.165) is 58.4 Å². The predicted octanol–water partition coefficient (Wildman–Crippen LogP) is 10.6. The van der Waals surface area contributed by atoms with Crippen molar-refractivity contribution < 1.29 is 4.42 Å². The van der Waals surface area contributed by atoms with E-state index < -0.39 is 0 Å². The van der Waals surface area contributed by atoms with Crippen molar-refractivity contribution in [2.45, 2.75) is 105 Å². The molecule has 0 saturated heterocycles. The minimum Gasteiger partial charge on any atom is -0.468 e. The van der Waals surface area contributed by atoms with Crippen molar-refractivity contribution in [3.8, 4) is 11.1 Å². The maximum absolute atomic E-state index is 6.61. The topological polar surface area (TPSA) is 13.1 Å². The second-order valence-electron chi connectivity index (χ2n) is 14.6. The van der Waals surface area contributed by atoms with Crippen molar-refractivity contribution in [1.29, 1.82) is 0 Å². The predicted molar refractivity (Wildman–Crippen MR) is 156 cm³/mol. The lowest BCUT2D eigenvalue weighted by molar-refractivity contribution is -0.105. The molecule has 202 valence electrons. The SMILES string of the molecule is CC(C)CCC[C@@H](C)[C@H]1CC[C@@H]2[C@H]3CC[C@@H]4Cc5c(-c6ccccc6Cl)coc5C[C@]4(C)[C@H]3CC[C@@]21C. The first kappa shape index (κ1) is 26.0. The number of hydrogen-bond donors (Lipinski definition) is 0. The van der Waals surface area contributed by atoms with Crippen LogP contribution in [0.25, 0.3) is 11.1 Å². The van der Waals surface area contributed by atoms with Gasteiger partial charge in [-0.1, -0.05) is 83.7 Å². The van der Waals surface area contributed by atoms with E-state index in [1.165, 1.54) is 81.1 Å². The molecule has 1 aromatic heterocycles. The third kappa shape index (κ3) is 4.25. The summed E-state index contributed by atoms with van der Waals surface area (Å²) in [6.07, 6.45) is 17.3. The van der Waals surface area contributed by atoms with Crippen LogP contribution in [0.1, 0.15) is 104 Å². The normalized spacial score (nSPS) is 37.5. The Labute approximate surface area is 231 Å². The summed E-state index contributed by atoms with van der Waals surface area (Å²) in [4.78, 5) is 0. The van der Waals surface area contributed by atoms with Crippen molar-refractivity contribution >= 4 is 11.6 Å². The van der Waals surface area contributed by atoms with Crippen LogP contribution in [0.15, 0.2) is 34.9 Å². The lowest BCUT2D eigenvalue weighted by Gasteiger charge is -2.60. The van der Waals surface area contributed by atoms with Gasteiger partial charge in [0.15, 0.2) is 0 Å².